The van der Waals surface area contributed by atoms with Gasteiger partial charge in [0.15, 0.2) is 15.1 Å². The number of carbonyl (C=O) groups is 2. The fourth-order valence-electron chi connectivity index (χ4n) is 4.22. The average Bonchev–Trinajstić information content (AvgIpc) is 2.82. The van der Waals surface area contributed by atoms with Gasteiger partial charge in [0.05, 0.1) is 30.1 Å². The van der Waals surface area contributed by atoms with E-state index < -0.39 is 39.0 Å². The van der Waals surface area contributed by atoms with Crippen LogP contribution in [0.15, 0.2) is 59.5 Å². The van der Waals surface area contributed by atoms with Crippen molar-refractivity contribution in [2.75, 3.05) is 7.11 Å². The lowest BCUT2D eigenvalue weighted by Crippen LogP contribution is -2.44. The number of nitriles is 1. The second-order valence-corrected chi connectivity index (χ2v) is 10.2. The van der Waals surface area contributed by atoms with E-state index in [-0.39, 0.29) is 17.7 Å². The van der Waals surface area contributed by atoms with Gasteiger partial charge in [-0.05, 0) is 61.9 Å². The highest BCUT2D eigenvalue weighted by Crippen LogP contribution is 2.33. The van der Waals surface area contributed by atoms with Crippen LogP contribution in [-0.2, 0) is 35.3 Å². The molecule has 1 unspecified atom stereocenters. The number of rotatable bonds is 9. The summed E-state index contributed by atoms with van der Waals surface area (Å²) >= 11 is 0. The van der Waals surface area contributed by atoms with Crippen molar-refractivity contribution in [3.05, 3.63) is 65.7 Å². The normalized spacial score (nSPS) is 19.2. The molecule has 1 saturated heterocycles. The number of ether oxygens (including phenoxy) is 2. The van der Waals surface area contributed by atoms with Crippen molar-refractivity contribution in [1.29, 1.82) is 5.26 Å². The number of hydrogen-bond acceptors (Lipinski definition) is 7. The van der Waals surface area contributed by atoms with Crippen LogP contribution in [0.2, 0.25) is 0 Å². The van der Waals surface area contributed by atoms with Gasteiger partial charge < -0.3 is 9.47 Å². The molecule has 8 heteroatoms. The van der Waals surface area contributed by atoms with E-state index in [0.717, 1.165) is 31.9 Å². The molecule has 2 aromatic carbocycles. The molecule has 1 aliphatic rings. The van der Waals surface area contributed by atoms with E-state index in [2.05, 4.69) is 6.07 Å². The summed E-state index contributed by atoms with van der Waals surface area (Å²) in [7, 11) is -2.88. The average molecular weight is 470 g/mol. The zero-order valence-electron chi connectivity index (χ0n) is 18.5. The van der Waals surface area contributed by atoms with E-state index in [9.17, 15) is 18.0 Å². The number of methoxy groups -OCH3 is 1. The van der Waals surface area contributed by atoms with Crippen molar-refractivity contribution in [3.63, 3.8) is 0 Å². The van der Waals surface area contributed by atoms with E-state index in [1.165, 1.54) is 12.1 Å². The molecular formula is C25H27NO6S. The van der Waals surface area contributed by atoms with Crippen LogP contribution in [0.5, 0.6) is 0 Å². The van der Waals surface area contributed by atoms with Gasteiger partial charge in [0.25, 0.3) is 0 Å². The monoisotopic (exact) mass is 469 g/mol. The molecule has 2 aromatic rings. The van der Waals surface area contributed by atoms with Crippen molar-refractivity contribution in [1.82, 2.24) is 0 Å². The highest BCUT2D eigenvalue weighted by atomic mass is 32.2. The maximum absolute atomic E-state index is 13.2. The molecule has 1 aliphatic heterocycles. The van der Waals surface area contributed by atoms with Crippen LogP contribution in [0.25, 0.3) is 0 Å². The van der Waals surface area contributed by atoms with Crippen molar-refractivity contribution < 1.29 is 27.5 Å². The van der Waals surface area contributed by atoms with Gasteiger partial charge in [-0.3, -0.25) is 9.59 Å². The van der Waals surface area contributed by atoms with E-state index >= 15 is 0 Å². The minimum atomic E-state index is -4.03. The zero-order chi connectivity index (χ0) is 23.8. The number of carbonyl (C=O) groups excluding carboxylic acids is 2. The lowest BCUT2D eigenvalue weighted by Gasteiger charge is -2.32. The molecule has 0 aromatic heterocycles. The minimum absolute atomic E-state index is 0.0262. The lowest BCUT2D eigenvalue weighted by molar-refractivity contribution is -0.158. The number of unbranched alkanes of at least 4 members (excludes halogenated alkanes) is 1. The third kappa shape index (κ3) is 6.20. The molecule has 0 saturated carbocycles. The molecule has 1 heterocycles. The topological polar surface area (TPSA) is 111 Å². The summed E-state index contributed by atoms with van der Waals surface area (Å²) in [5.74, 6) is -2.08. The first-order chi connectivity index (χ1) is 15.8. The van der Waals surface area contributed by atoms with Crippen molar-refractivity contribution in [2.24, 2.45) is 5.92 Å². The zero-order valence-corrected chi connectivity index (χ0v) is 19.3. The van der Waals surface area contributed by atoms with Gasteiger partial charge in [0.1, 0.15) is 6.10 Å². The Kier molecular flexibility index (Phi) is 8.23. The molecule has 33 heavy (non-hydrogen) atoms. The first kappa shape index (κ1) is 24.5. The van der Waals surface area contributed by atoms with Gasteiger partial charge in [0.2, 0.25) is 0 Å². The second-order valence-electron chi connectivity index (χ2n) is 8.17. The van der Waals surface area contributed by atoms with Crippen molar-refractivity contribution in [2.45, 2.75) is 54.8 Å². The number of cyclic esters (lactones) is 1. The molecule has 3 atom stereocenters. The Hall–Kier alpha value is -3.18. The molecule has 3 rings (SSSR count). The number of aryl methyl sites for hydroxylation is 1. The fourth-order valence-corrected chi connectivity index (χ4v) is 6.11. The molecule has 0 spiro atoms. The SMILES string of the molecule is COC(=O)C([C@@H]1CC(=O)O[C@@H](CCCCc2ccc(C#N)cc2)C1)S(=O)(=O)c1ccccc1. The highest BCUT2D eigenvalue weighted by Gasteiger charge is 2.45. The quantitative estimate of drug-likeness (QED) is 0.407. The maximum Gasteiger partial charge on any atom is 0.324 e. The Morgan fingerprint density at radius 1 is 1.15 bits per heavy atom. The minimum Gasteiger partial charge on any atom is -0.468 e. The Morgan fingerprint density at radius 2 is 1.85 bits per heavy atom. The van der Waals surface area contributed by atoms with Crippen LogP contribution in [0, 0.1) is 17.2 Å². The number of sulfone groups is 1. The van der Waals surface area contributed by atoms with E-state index in [1.807, 2.05) is 12.1 Å². The Labute approximate surface area is 194 Å². The number of nitrogens with zero attached hydrogens (tertiary/aromatic N) is 1. The summed E-state index contributed by atoms with van der Waals surface area (Å²) in [5.41, 5.74) is 1.73. The molecule has 0 amide bonds. The van der Waals surface area contributed by atoms with Gasteiger partial charge >= 0.3 is 11.9 Å². The Morgan fingerprint density at radius 3 is 2.48 bits per heavy atom. The third-order valence-corrected chi connectivity index (χ3v) is 8.06. The molecule has 0 radical (unpaired) electrons. The first-order valence-corrected chi connectivity index (χ1v) is 12.4. The third-order valence-electron chi connectivity index (χ3n) is 5.88. The van der Waals surface area contributed by atoms with Gasteiger partial charge in [-0.1, -0.05) is 30.3 Å². The summed E-state index contributed by atoms with van der Waals surface area (Å²) in [6.45, 7) is 0. The van der Waals surface area contributed by atoms with E-state index in [4.69, 9.17) is 14.7 Å². The van der Waals surface area contributed by atoms with Crippen LogP contribution in [-0.4, -0.2) is 38.8 Å². The smallest absolute Gasteiger partial charge is 0.324 e. The van der Waals surface area contributed by atoms with E-state index in [1.54, 1.807) is 30.3 Å². The van der Waals surface area contributed by atoms with Gasteiger partial charge in [-0.2, -0.15) is 5.26 Å². The second kappa shape index (κ2) is 11.1. The molecule has 174 valence electrons. The molecule has 0 aliphatic carbocycles. The molecular weight excluding hydrogens is 442 g/mol. The Bertz CT molecular complexity index is 1110. The first-order valence-electron chi connectivity index (χ1n) is 10.9. The number of esters is 2. The summed E-state index contributed by atoms with van der Waals surface area (Å²) in [6.07, 6.45) is 2.73. The summed E-state index contributed by atoms with van der Waals surface area (Å²) in [4.78, 5) is 24.8. The summed E-state index contributed by atoms with van der Waals surface area (Å²) in [6, 6.07) is 17.2. The van der Waals surface area contributed by atoms with Crippen LogP contribution < -0.4 is 0 Å². The Balaban J connectivity index is 1.65. The molecule has 0 bridgehead atoms. The van der Waals surface area contributed by atoms with Crippen molar-refractivity contribution >= 4 is 21.8 Å². The van der Waals surface area contributed by atoms with Crippen LogP contribution in [0.3, 0.4) is 0 Å². The van der Waals surface area contributed by atoms with Crippen LogP contribution >= 0.6 is 0 Å². The fraction of sp³-hybridized carbons (Fsp3) is 0.400. The summed E-state index contributed by atoms with van der Waals surface area (Å²) < 4.78 is 36.7. The largest absolute Gasteiger partial charge is 0.468 e. The molecule has 7 nitrogen and oxygen atoms in total. The molecule has 0 N–H and O–H groups in total. The lowest BCUT2D eigenvalue weighted by atomic mass is 9.89. The van der Waals surface area contributed by atoms with Gasteiger partial charge in [-0.15, -0.1) is 0 Å². The molecule has 1 fully saturated rings. The number of hydrogen-bond donors (Lipinski definition) is 0. The van der Waals surface area contributed by atoms with Gasteiger partial charge in [0, 0.05) is 5.92 Å². The number of benzene rings is 2. The predicted molar refractivity (Wildman–Crippen MR) is 121 cm³/mol. The predicted octanol–water partition coefficient (Wildman–Crippen LogP) is 3.61. The van der Waals surface area contributed by atoms with E-state index in [0.29, 0.717) is 12.0 Å². The van der Waals surface area contributed by atoms with Crippen LogP contribution in [0.4, 0.5) is 0 Å². The maximum atomic E-state index is 13.2. The van der Waals surface area contributed by atoms with Crippen molar-refractivity contribution in [3.8, 4) is 6.07 Å². The standard InChI is InChI=1S/C25H27NO6S/c1-31-25(28)24(33(29,30)22-9-3-2-4-10-22)20-15-21(32-23(27)16-20)8-6-5-7-18-11-13-19(17-26)14-12-18/h2-4,9-14,20-21,24H,5-8,15-16H2,1H3/t20-,21-,24?/m0/s1. The van der Waals surface area contributed by atoms with Crippen LogP contribution in [0.1, 0.15) is 43.2 Å². The highest BCUT2D eigenvalue weighted by molar-refractivity contribution is 7.92. The summed E-state index contributed by atoms with van der Waals surface area (Å²) in [5, 5.41) is 7.42. The van der Waals surface area contributed by atoms with Gasteiger partial charge in [-0.25, -0.2) is 8.42 Å².